The molecule has 0 aliphatic carbocycles. The number of nitrogens with one attached hydrogen (secondary N) is 1. The Morgan fingerprint density at radius 3 is 2.50 bits per heavy atom. The van der Waals surface area contributed by atoms with E-state index < -0.39 is 11.6 Å². The van der Waals surface area contributed by atoms with Crippen molar-refractivity contribution >= 4 is 28.2 Å². The van der Waals surface area contributed by atoms with Gasteiger partial charge in [-0.15, -0.1) is 0 Å². The lowest BCUT2D eigenvalue weighted by molar-refractivity contribution is 0.0687. The first-order valence-corrected chi connectivity index (χ1v) is 11.8. The summed E-state index contributed by atoms with van der Waals surface area (Å²) in [6.07, 6.45) is 8.41. The quantitative estimate of drug-likeness (QED) is 0.293. The molecule has 182 valence electrons. The molecule has 0 aliphatic heterocycles. The fourth-order valence-electron chi connectivity index (χ4n) is 4.01. The predicted octanol–water partition coefficient (Wildman–Crippen LogP) is 6.07. The van der Waals surface area contributed by atoms with Crippen LogP contribution in [-0.4, -0.2) is 29.8 Å². The highest BCUT2D eigenvalue weighted by molar-refractivity contribution is 6.34. The molecule has 0 spiro atoms. The van der Waals surface area contributed by atoms with Gasteiger partial charge in [-0.3, -0.25) is 4.98 Å². The summed E-state index contributed by atoms with van der Waals surface area (Å²) >= 11 is 6.57. The second kappa shape index (κ2) is 9.29. The second-order valence-corrected chi connectivity index (χ2v) is 9.50. The molecule has 0 amide bonds. The van der Waals surface area contributed by atoms with Gasteiger partial charge in [-0.05, 0) is 62.7 Å². The van der Waals surface area contributed by atoms with E-state index in [1.54, 1.807) is 55.4 Å². The fourth-order valence-corrected chi connectivity index (χ4v) is 4.21. The maximum Gasteiger partial charge on any atom is 0.159 e. The van der Waals surface area contributed by atoms with Gasteiger partial charge in [-0.1, -0.05) is 17.7 Å². The third-order valence-electron chi connectivity index (χ3n) is 5.93. The normalized spacial score (nSPS) is 12.6. The van der Waals surface area contributed by atoms with E-state index in [1.807, 2.05) is 37.4 Å². The number of halogens is 2. The largest absolute Gasteiger partial charge is 0.382 e. The van der Waals surface area contributed by atoms with Crippen LogP contribution in [0, 0.1) is 5.82 Å². The van der Waals surface area contributed by atoms with E-state index in [4.69, 9.17) is 11.6 Å². The van der Waals surface area contributed by atoms with E-state index in [2.05, 4.69) is 25.4 Å². The molecule has 5 aromatic rings. The van der Waals surface area contributed by atoms with E-state index >= 15 is 0 Å². The van der Waals surface area contributed by atoms with E-state index in [0.29, 0.717) is 22.1 Å². The minimum atomic E-state index is -1.13. The Balaban J connectivity index is 1.52. The Bertz CT molecular complexity index is 1530. The van der Waals surface area contributed by atoms with Gasteiger partial charge in [0, 0.05) is 47.5 Å². The second-order valence-electron chi connectivity index (χ2n) is 9.09. The molecule has 1 atom stereocenters. The van der Waals surface area contributed by atoms with Crippen LogP contribution in [0.5, 0.6) is 0 Å². The zero-order valence-electron chi connectivity index (χ0n) is 19.9. The van der Waals surface area contributed by atoms with Crippen LogP contribution in [0.2, 0.25) is 5.02 Å². The average molecular weight is 503 g/mol. The monoisotopic (exact) mass is 502 g/mol. The molecule has 2 aromatic carbocycles. The summed E-state index contributed by atoms with van der Waals surface area (Å²) in [7, 11) is 0. The molecule has 0 bridgehead atoms. The standard InChI is InChI=1S/C27H24ClFN6O/c1-16(20-12-19(6-7-23(20)29)35-10-4-9-33-35)34-25-21-11-17(5-8-24(21)30-15-22(25)28)18-13-31-26(32-14-18)27(2,3)36/h4-16,36H,1-3H3,(H,30,34)/t16-/m1/s1. The van der Waals surface area contributed by atoms with Crippen molar-refractivity contribution in [2.24, 2.45) is 0 Å². The van der Waals surface area contributed by atoms with Gasteiger partial charge in [0.05, 0.1) is 28.0 Å². The topological polar surface area (TPSA) is 88.8 Å². The summed E-state index contributed by atoms with van der Waals surface area (Å²) < 4.78 is 16.5. The number of pyridine rings is 1. The molecule has 2 N–H and O–H groups in total. The Labute approximate surface area is 212 Å². The molecule has 0 radical (unpaired) electrons. The van der Waals surface area contributed by atoms with Crippen molar-refractivity contribution in [2.75, 3.05) is 5.32 Å². The van der Waals surface area contributed by atoms with Crippen molar-refractivity contribution < 1.29 is 9.50 Å². The third-order valence-corrected chi connectivity index (χ3v) is 6.22. The number of fused-ring (bicyclic) bond motifs is 1. The highest BCUT2D eigenvalue weighted by atomic mass is 35.5. The summed E-state index contributed by atoms with van der Waals surface area (Å²) in [5.41, 5.74) is 3.13. The van der Waals surface area contributed by atoms with Gasteiger partial charge in [0.2, 0.25) is 0 Å². The lowest BCUT2D eigenvalue weighted by atomic mass is 10.0. The number of hydrogen-bond acceptors (Lipinski definition) is 6. The van der Waals surface area contributed by atoms with Gasteiger partial charge < -0.3 is 10.4 Å². The predicted molar refractivity (Wildman–Crippen MR) is 139 cm³/mol. The molecule has 0 aliphatic rings. The number of aromatic nitrogens is 5. The number of hydrogen-bond donors (Lipinski definition) is 2. The molecule has 0 saturated heterocycles. The van der Waals surface area contributed by atoms with Gasteiger partial charge in [-0.25, -0.2) is 19.0 Å². The molecular formula is C27H24ClFN6O. The summed E-state index contributed by atoms with van der Waals surface area (Å²) in [5.74, 6) is 0.0115. The molecule has 7 nitrogen and oxygen atoms in total. The van der Waals surface area contributed by atoms with Crippen LogP contribution in [0.4, 0.5) is 10.1 Å². The van der Waals surface area contributed by atoms with Crippen LogP contribution >= 0.6 is 11.6 Å². The van der Waals surface area contributed by atoms with Crippen LogP contribution in [0.15, 0.2) is 73.4 Å². The Morgan fingerprint density at radius 2 is 1.81 bits per heavy atom. The Kier molecular flexibility index (Phi) is 6.15. The molecule has 0 fully saturated rings. The van der Waals surface area contributed by atoms with Crippen molar-refractivity contribution in [3.63, 3.8) is 0 Å². The van der Waals surface area contributed by atoms with Crippen LogP contribution in [0.25, 0.3) is 27.7 Å². The number of rotatable bonds is 6. The smallest absolute Gasteiger partial charge is 0.159 e. The Hall–Kier alpha value is -3.88. The molecule has 36 heavy (non-hydrogen) atoms. The van der Waals surface area contributed by atoms with Crippen LogP contribution < -0.4 is 5.32 Å². The minimum absolute atomic E-state index is 0.329. The van der Waals surface area contributed by atoms with Crippen LogP contribution in [-0.2, 0) is 5.60 Å². The Morgan fingerprint density at radius 1 is 1.03 bits per heavy atom. The van der Waals surface area contributed by atoms with Crippen LogP contribution in [0.3, 0.4) is 0 Å². The maximum absolute atomic E-state index is 14.8. The van der Waals surface area contributed by atoms with E-state index in [9.17, 15) is 9.50 Å². The van der Waals surface area contributed by atoms with Gasteiger partial charge >= 0.3 is 0 Å². The third kappa shape index (κ3) is 4.65. The molecule has 3 aromatic heterocycles. The van der Waals surface area contributed by atoms with Crippen molar-refractivity contribution in [2.45, 2.75) is 32.4 Å². The number of anilines is 1. The molecule has 5 rings (SSSR count). The summed E-state index contributed by atoms with van der Waals surface area (Å²) in [4.78, 5) is 13.1. The maximum atomic E-state index is 14.8. The molecular weight excluding hydrogens is 479 g/mol. The lowest BCUT2D eigenvalue weighted by Gasteiger charge is -2.20. The lowest BCUT2D eigenvalue weighted by Crippen LogP contribution is -2.19. The van der Waals surface area contributed by atoms with Gasteiger partial charge in [0.1, 0.15) is 11.4 Å². The van der Waals surface area contributed by atoms with Crippen molar-refractivity contribution in [3.8, 4) is 16.8 Å². The first-order valence-electron chi connectivity index (χ1n) is 11.4. The molecule has 3 heterocycles. The van der Waals surface area contributed by atoms with Crippen molar-refractivity contribution in [1.29, 1.82) is 0 Å². The van der Waals surface area contributed by atoms with E-state index in [-0.39, 0.29) is 5.82 Å². The fraction of sp³-hybridized carbons (Fsp3) is 0.185. The number of nitrogens with zero attached hydrogens (tertiary/aromatic N) is 5. The van der Waals surface area contributed by atoms with E-state index in [1.165, 1.54) is 6.07 Å². The first-order chi connectivity index (χ1) is 17.2. The highest BCUT2D eigenvalue weighted by Crippen LogP contribution is 2.35. The SMILES string of the molecule is C[C@@H](Nc1c(Cl)cnc2ccc(-c3cnc(C(C)(C)O)nc3)cc12)c1cc(-n2cccn2)ccc1F. The molecule has 9 heteroatoms. The van der Waals surface area contributed by atoms with Crippen LogP contribution in [0.1, 0.15) is 38.2 Å². The summed E-state index contributed by atoms with van der Waals surface area (Å²) in [6, 6.07) is 12.1. The van der Waals surface area contributed by atoms with Crippen molar-refractivity contribution in [1.82, 2.24) is 24.7 Å². The zero-order chi connectivity index (χ0) is 25.4. The first kappa shape index (κ1) is 23.8. The number of aliphatic hydroxyl groups is 1. The molecule has 0 unspecified atom stereocenters. The minimum Gasteiger partial charge on any atom is -0.382 e. The zero-order valence-corrected chi connectivity index (χ0v) is 20.7. The van der Waals surface area contributed by atoms with E-state index in [0.717, 1.165) is 27.7 Å². The summed E-state index contributed by atoms with van der Waals surface area (Å²) in [5, 5.41) is 19.0. The van der Waals surface area contributed by atoms with Gasteiger partial charge in [-0.2, -0.15) is 5.10 Å². The van der Waals surface area contributed by atoms with Crippen molar-refractivity contribution in [3.05, 3.63) is 95.7 Å². The molecule has 0 saturated carbocycles. The number of benzene rings is 2. The highest BCUT2D eigenvalue weighted by Gasteiger charge is 2.20. The average Bonchev–Trinajstić information content (AvgIpc) is 3.40. The van der Waals surface area contributed by atoms with Gasteiger partial charge in [0.25, 0.3) is 0 Å². The van der Waals surface area contributed by atoms with Gasteiger partial charge in [0.15, 0.2) is 5.82 Å². The summed E-state index contributed by atoms with van der Waals surface area (Å²) in [6.45, 7) is 5.15.